The number of amides is 3. The van der Waals surface area contributed by atoms with Crippen molar-refractivity contribution >= 4 is 35.2 Å². The lowest BCUT2D eigenvalue weighted by molar-refractivity contribution is -0.131. The van der Waals surface area contributed by atoms with Crippen LogP contribution in [0.5, 0.6) is 0 Å². The Balaban J connectivity index is 1.30. The smallest absolute Gasteiger partial charge is 0.242 e. The molecule has 3 rings (SSSR count). The van der Waals surface area contributed by atoms with Crippen molar-refractivity contribution in [2.75, 3.05) is 25.5 Å². The van der Waals surface area contributed by atoms with Crippen LogP contribution in [0.4, 0.5) is 5.69 Å². The third-order valence-corrected chi connectivity index (χ3v) is 10.2. The van der Waals surface area contributed by atoms with Crippen molar-refractivity contribution in [3.05, 3.63) is 40.3 Å². The Hall–Kier alpha value is -2.79. The molecule has 0 aliphatic carbocycles. The minimum Gasteiger partial charge on any atom is -0.356 e. The number of thioether (sulfide) groups is 1. The van der Waals surface area contributed by atoms with E-state index >= 15 is 0 Å². The van der Waals surface area contributed by atoms with Gasteiger partial charge in [0.1, 0.15) is 6.04 Å². The van der Waals surface area contributed by atoms with Gasteiger partial charge in [0.25, 0.3) is 0 Å². The summed E-state index contributed by atoms with van der Waals surface area (Å²) in [6, 6.07) is 7.55. The number of fused-ring (bicyclic) bond motifs is 1. The van der Waals surface area contributed by atoms with Crippen LogP contribution in [0.1, 0.15) is 90.5 Å². The third-order valence-electron chi connectivity index (χ3n) is 8.68. The number of unbranched alkanes of at least 4 members (excludes halogenated alkanes) is 4. The number of carbonyl (C=O) groups excluding carboxylic acids is 3. The molecule has 2 aliphatic heterocycles. The van der Waals surface area contributed by atoms with Gasteiger partial charge >= 0.3 is 0 Å². The van der Waals surface area contributed by atoms with Gasteiger partial charge in [-0.1, -0.05) is 69.4 Å². The number of nitrogens with one attached hydrogen (secondary N) is 5. The minimum atomic E-state index is -0.690. The predicted octanol–water partition coefficient (Wildman–Crippen LogP) is 5.08. The van der Waals surface area contributed by atoms with Crippen LogP contribution in [-0.4, -0.2) is 66.6 Å². The summed E-state index contributed by atoms with van der Waals surface area (Å²) >= 11 is 2.05. The number of benzene rings is 1. The topological polar surface area (TPSA) is 160 Å². The molecule has 5 N–H and O–H groups in total. The maximum atomic E-state index is 13.2. The molecule has 0 radical (unpaired) electrons. The van der Waals surface area contributed by atoms with Gasteiger partial charge in [-0.05, 0) is 55.5 Å². The molecule has 1 aromatic rings. The second-order valence-corrected chi connectivity index (χ2v) is 14.0. The van der Waals surface area contributed by atoms with E-state index in [0.29, 0.717) is 54.9 Å². The van der Waals surface area contributed by atoms with Crippen molar-refractivity contribution in [2.45, 2.75) is 115 Å². The monoisotopic (exact) mass is 642 g/mol. The highest BCUT2D eigenvalue weighted by Gasteiger charge is 2.38. The van der Waals surface area contributed by atoms with E-state index in [1.54, 1.807) is 12.1 Å². The SMILES string of the molecule is CCC(CC(C)C)C(=O)NC(Cc1ccc(N=[N+]=[N-])cc1)C(=O)NCCCCCCNC(=O)CCCCC1SCC2NCNC21. The van der Waals surface area contributed by atoms with Crippen molar-refractivity contribution in [2.24, 2.45) is 17.0 Å². The largest absolute Gasteiger partial charge is 0.356 e. The Morgan fingerprint density at radius 3 is 2.42 bits per heavy atom. The fraction of sp³-hybridized carbons (Fsp3) is 0.727. The minimum absolute atomic E-state index is 0.0935. The van der Waals surface area contributed by atoms with Gasteiger partial charge in [-0.2, -0.15) is 11.8 Å². The lowest BCUT2D eigenvalue weighted by Gasteiger charge is -2.23. The average molecular weight is 643 g/mol. The highest BCUT2D eigenvalue weighted by atomic mass is 32.2. The predicted molar refractivity (Wildman–Crippen MR) is 182 cm³/mol. The summed E-state index contributed by atoms with van der Waals surface area (Å²) in [5.74, 6) is 1.28. The highest BCUT2D eigenvalue weighted by molar-refractivity contribution is 8.00. The zero-order valence-electron chi connectivity index (χ0n) is 27.4. The quantitative estimate of drug-likeness (QED) is 0.0544. The summed E-state index contributed by atoms with van der Waals surface area (Å²) in [5, 5.41) is 20.4. The number of azide groups is 1. The Labute approximate surface area is 273 Å². The molecule has 2 heterocycles. The molecule has 250 valence electrons. The van der Waals surface area contributed by atoms with E-state index in [1.165, 1.54) is 12.2 Å². The van der Waals surface area contributed by atoms with Crippen LogP contribution in [0, 0.1) is 11.8 Å². The Kier molecular flexibility index (Phi) is 16.6. The van der Waals surface area contributed by atoms with Gasteiger partial charge in [0.2, 0.25) is 17.7 Å². The first-order valence-electron chi connectivity index (χ1n) is 16.9. The van der Waals surface area contributed by atoms with E-state index in [9.17, 15) is 14.4 Å². The zero-order valence-corrected chi connectivity index (χ0v) is 28.2. The van der Waals surface area contributed by atoms with Gasteiger partial charge in [0.05, 0.1) is 0 Å². The maximum Gasteiger partial charge on any atom is 0.242 e. The van der Waals surface area contributed by atoms with Crippen LogP contribution in [0.15, 0.2) is 29.4 Å². The van der Waals surface area contributed by atoms with E-state index in [1.807, 2.05) is 19.1 Å². The summed E-state index contributed by atoms with van der Waals surface area (Å²) in [7, 11) is 0. The van der Waals surface area contributed by atoms with Gasteiger partial charge in [0, 0.05) is 72.2 Å². The molecule has 2 fully saturated rings. The van der Waals surface area contributed by atoms with E-state index < -0.39 is 6.04 Å². The molecule has 2 saturated heterocycles. The van der Waals surface area contributed by atoms with Crippen LogP contribution in [0.25, 0.3) is 10.4 Å². The van der Waals surface area contributed by atoms with Crippen LogP contribution in [-0.2, 0) is 20.8 Å². The molecule has 2 aliphatic rings. The molecule has 5 atom stereocenters. The summed E-state index contributed by atoms with van der Waals surface area (Å²) < 4.78 is 0. The Morgan fingerprint density at radius 1 is 1.00 bits per heavy atom. The summed E-state index contributed by atoms with van der Waals surface area (Å²) in [6.07, 6.45) is 9.30. The second kappa shape index (κ2) is 20.4. The van der Waals surface area contributed by atoms with E-state index in [-0.39, 0.29) is 23.6 Å². The van der Waals surface area contributed by atoms with Crippen LogP contribution in [0.3, 0.4) is 0 Å². The number of nitrogens with zero attached hydrogens (tertiary/aromatic N) is 3. The van der Waals surface area contributed by atoms with Crippen LogP contribution >= 0.6 is 11.8 Å². The first kappa shape index (κ1) is 36.7. The Bertz CT molecular complexity index is 1110. The lowest BCUT2D eigenvalue weighted by atomic mass is 9.93. The van der Waals surface area contributed by atoms with Crippen molar-refractivity contribution in [3.63, 3.8) is 0 Å². The van der Waals surface area contributed by atoms with Gasteiger partial charge in [-0.25, -0.2) is 0 Å². The number of hydrogen-bond donors (Lipinski definition) is 5. The fourth-order valence-corrected chi connectivity index (χ4v) is 7.73. The number of carbonyl (C=O) groups is 3. The first-order valence-corrected chi connectivity index (χ1v) is 17.9. The normalized spacial score (nSPS) is 20.2. The number of rotatable bonds is 21. The molecule has 0 aromatic heterocycles. The molecular weight excluding hydrogens is 588 g/mol. The molecule has 11 nitrogen and oxygen atoms in total. The molecule has 0 bridgehead atoms. The second-order valence-electron chi connectivity index (χ2n) is 12.7. The molecule has 5 unspecified atom stereocenters. The maximum absolute atomic E-state index is 13.2. The van der Waals surface area contributed by atoms with Crippen molar-refractivity contribution < 1.29 is 14.4 Å². The van der Waals surface area contributed by atoms with E-state index in [2.05, 4.69) is 62.2 Å². The standard InChI is InChI=1S/C33H54N8O3S/c1-4-25(19-23(2)3)32(43)39-27(20-24-13-15-26(16-14-24)40-41-34)33(44)36-18-10-6-5-9-17-35-30(42)12-8-7-11-29-31-28(21-45-29)37-22-38-31/h13-16,23,25,27-29,31,37-38H,4-12,17-22H2,1-3H3,(H,35,42)(H,36,44)(H,39,43). The van der Waals surface area contributed by atoms with Gasteiger partial charge < -0.3 is 16.0 Å². The highest BCUT2D eigenvalue weighted by Crippen LogP contribution is 2.32. The average Bonchev–Trinajstić information content (AvgIpc) is 3.64. The first-order chi connectivity index (χ1) is 21.8. The molecule has 0 saturated carbocycles. The molecule has 12 heteroatoms. The Morgan fingerprint density at radius 2 is 1.73 bits per heavy atom. The van der Waals surface area contributed by atoms with Crippen LogP contribution < -0.4 is 26.6 Å². The van der Waals surface area contributed by atoms with E-state index in [4.69, 9.17) is 5.53 Å². The molecular formula is C33H54N8O3S. The summed E-state index contributed by atoms with van der Waals surface area (Å²) in [6.45, 7) is 8.32. The van der Waals surface area contributed by atoms with Gasteiger partial charge in [-0.3, -0.25) is 25.0 Å². The third kappa shape index (κ3) is 13.2. The van der Waals surface area contributed by atoms with E-state index in [0.717, 1.165) is 63.6 Å². The fourth-order valence-electron chi connectivity index (χ4n) is 6.12. The zero-order chi connectivity index (χ0) is 32.4. The van der Waals surface area contributed by atoms with Gasteiger partial charge in [0.15, 0.2) is 0 Å². The summed E-state index contributed by atoms with van der Waals surface area (Å²) in [5.41, 5.74) is 10.0. The lowest BCUT2D eigenvalue weighted by Crippen LogP contribution is -2.50. The van der Waals surface area contributed by atoms with Crippen molar-refractivity contribution in [1.82, 2.24) is 26.6 Å². The summed E-state index contributed by atoms with van der Waals surface area (Å²) in [4.78, 5) is 41.3. The molecule has 1 aromatic carbocycles. The van der Waals surface area contributed by atoms with Crippen molar-refractivity contribution in [3.8, 4) is 0 Å². The van der Waals surface area contributed by atoms with Gasteiger partial charge in [-0.15, -0.1) is 0 Å². The van der Waals surface area contributed by atoms with Crippen LogP contribution in [0.2, 0.25) is 0 Å². The number of hydrogen-bond acceptors (Lipinski definition) is 7. The molecule has 0 spiro atoms. The van der Waals surface area contributed by atoms with Crippen molar-refractivity contribution in [1.29, 1.82) is 0 Å². The molecule has 3 amide bonds. The molecule has 45 heavy (non-hydrogen) atoms.